The molecule has 12 heteroatoms. The molecule has 1 amide bonds. The molecule has 3 aromatic carbocycles. The third-order valence-electron chi connectivity index (χ3n) is 6.67. The Hall–Kier alpha value is -5.00. The highest BCUT2D eigenvalue weighted by atomic mass is 19.4. The Labute approximate surface area is 249 Å². The zero-order valence-electron chi connectivity index (χ0n) is 23.7. The van der Waals surface area contributed by atoms with Gasteiger partial charge in [0.05, 0.1) is 10.9 Å². The first-order chi connectivity index (χ1) is 21.0. The van der Waals surface area contributed by atoms with Gasteiger partial charge in [0.1, 0.15) is 37.2 Å². The minimum atomic E-state index is -5.03. The number of alkyl halides is 3. The van der Waals surface area contributed by atoms with Gasteiger partial charge in [-0.1, -0.05) is 50.2 Å². The van der Waals surface area contributed by atoms with Crippen LogP contribution in [0.3, 0.4) is 0 Å². The number of esters is 1. The molecule has 0 fully saturated rings. The van der Waals surface area contributed by atoms with Gasteiger partial charge in [-0.3, -0.25) is 4.79 Å². The minimum absolute atomic E-state index is 0.0182. The van der Waals surface area contributed by atoms with Crippen LogP contribution in [0.4, 0.5) is 18.0 Å². The molecule has 0 saturated heterocycles. The van der Waals surface area contributed by atoms with Crippen LogP contribution >= 0.6 is 0 Å². The molecule has 5 rings (SSSR count). The van der Waals surface area contributed by atoms with E-state index in [2.05, 4.69) is 5.32 Å². The number of halogens is 3. The van der Waals surface area contributed by atoms with Crippen LogP contribution in [0.15, 0.2) is 75.9 Å². The van der Waals surface area contributed by atoms with Gasteiger partial charge in [-0.2, -0.15) is 13.2 Å². The number of hydrogen-bond donors (Lipinski definition) is 1. The van der Waals surface area contributed by atoms with Crippen molar-refractivity contribution in [1.29, 1.82) is 0 Å². The number of alkyl carbamates (subject to hydrolysis) is 1. The van der Waals surface area contributed by atoms with Crippen LogP contribution in [0.1, 0.15) is 31.6 Å². The number of rotatable bonds is 8. The van der Waals surface area contributed by atoms with Crippen LogP contribution in [0, 0.1) is 5.92 Å². The van der Waals surface area contributed by atoms with Crippen molar-refractivity contribution < 1.29 is 46.1 Å². The zero-order valence-corrected chi connectivity index (χ0v) is 23.7. The van der Waals surface area contributed by atoms with E-state index < -0.39 is 46.6 Å². The smallest absolute Gasteiger partial charge is 0.450 e. The average molecular weight is 612 g/mol. The van der Waals surface area contributed by atoms with Gasteiger partial charge in [0, 0.05) is 6.07 Å². The van der Waals surface area contributed by atoms with E-state index in [1.165, 1.54) is 30.3 Å². The molecule has 0 aliphatic carbocycles. The van der Waals surface area contributed by atoms with Gasteiger partial charge in [0.25, 0.3) is 0 Å². The summed E-state index contributed by atoms with van der Waals surface area (Å²) < 4.78 is 69.3. The van der Waals surface area contributed by atoms with E-state index in [1.54, 1.807) is 24.3 Å². The summed E-state index contributed by atoms with van der Waals surface area (Å²) in [7, 11) is 0. The van der Waals surface area contributed by atoms with E-state index >= 15 is 0 Å². The molecule has 0 bridgehead atoms. The van der Waals surface area contributed by atoms with Crippen LogP contribution in [0.5, 0.6) is 17.2 Å². The maximum absolute atomic E-state index is 14.2. The number of hydrogen-bond acceptors (Lipinski definition) is 8. The van der Waals surface area contributed by atoms with E-state index in [0.29, 0.717) is 5.75 Å². The highest BCUT2D eigenvalue weighted by Crippen LogP contribution is 2.40. The van der Waals surface area contributed by atoms with E-state index in [-0.39, 0.29) is 54.6 Å². The number of nitrogens with one attached hydrogen (secondary N) is 1. The van der Waals surface area contributed by atoms with Crippen LogP contribution < -0.4 is 25.0 Å². The van der Waals surface area contributed by atoms with Gasteiger partial charge in [0.2, 0.25) is 11.2 Å². The van der Waals surface area contributed by atoms with Crippen molar-refractivity contribution in [3.8, 4) is 28.4 Å². The molecule has 230 valence electrons. The summed E-state index contributed by atoms with van der Waals surface area (Å²) in [5.41, 5.74) is -1.38. The molecule has 44 heavy (non-hydrogen) atoms. The third kappa shape index (κ3) is 6.96. The van der Waals surface area contributed by atoms with Crippen molar-refractivity contribution >= 4 is 23.0 Å². The van der Waals surface area contributed by atoms with Crippen LogP contribution in [0.2, 0.25) is 0 Å². The number of benzene rings is 3. The number of fused-ring (bicyclic) bond motifs is 2. The highest BCUT2D eigenvalue weighted by molar-refractivity contribution is 5.87. The monoisotopic (exact) mass is 611 g/mol. The molecular weight excluding hydrogens is 583 g/mol. The lowest BCUT2D eigenvalue weighted by atomic mass is 10.0. The van der Waals surface area contributed by atoms with E-state index in [1.807, 2.05) is 19.9 Å². The summed E-state index contributed by atoms with van der Waals surface area (Å²) in [4.78, 5) is 38.9. The molecule has 1 N–H and O–H groups in total. The first kappa shape index (κ1) is 30.5. The van der Waals surface area contributed by atoms with E-state index in [9.17, 15) is 27.6 Å². The Morgan fingerprint density at radius 1 is 0.955 bits per heavy atom. The third-order valence-corrected chi connectivity index (χ3v) is 6.67. The number of amides is 1. The first-order valence-electron chi connectivity index (χ1n) is 13.8. The Balaban J connectivity index is 1.40. The van der Waals surface area contributed by atoms with E-state index in [4.69, 9.17) is 23.4 Å². The predicted octanol–water partition coefficient (Wildman–Crippen LogP) is 6.50. The van der Waals surface area contributed by atoms with Crippen molar-refractivity contribution in [2.75, 3.05) is 13.2 Å². The molecule has 1 atom stereocenters. The number of ether oxygens (including phenoxy) is 4. The summed E-state index contributed by atoms with van der Waals surface area (Å²) in [6, 6.07) is 15.4. The number of carbonyl (C=O) groups excluding carboxylic acids is 2. The lowest BCUT2D eigenvalue weighted by Crippen LogP contribution is -2.44. The van der Waals surface area contributed by atoms with E-state index in [0.717, 1.165) is 11.6 Å². The molecular formula is C32H28F3NO8. The molecule has 2 heterocycles. The summed E-state index contributed by atoms with van der Waals surface area (Å²) in [6.45, 7) is 4.14. The molecule has 0 radical (unpaired) electrons. The highest BCUT2D eigenvalue weighted by Gasteiger charge is 2.40. The molecule has 1 unspecified atom stereocenters. The second kappa shape index (κ2) is 12.7. The molecule has 4 aromatic rings. The van der Waals surface area contributed by atoms with Crippen molar-refractivity contribution in [3.63, 3.8) is 0 Å². The molecule has 0 saturated carbocycles. The van der Waals surface area contributed by atoms with Crippen molar-refractivity contribution in [2.45, 2.75) is 39.1 Å². The van der Waals surface area contributed by atoms with Gasteiger partial charge in [-0.15, -0.1) is 0 Å². The summed E-state index contributed by atoms with van der Waals surface area (Å²) in [5.74, 6) is -2.06. The average Bonchev–Trinajstić information content (AvgIpc) is 2.99. The summed E-state index contributed by atoms with van der Waals surface area (Å²) >= 11 is 0. The Kier molecular flexibility index (Phi) is 8.79. The van der Waals surface area contributed by atoms with Crippen LogP contribution in [-0.4, -0.2) is 31.3 Å². The Morgan fingerprint density at radius 2 is 1.68 bits per heavy atom. The zero-order chi connectivity index (χ0) is 31.4. The first-order valence-corrected chi connectivity index (χ1v) is 13.8. The van der Waals surface area contributed by atoms with Crippen molar-refractivity contribution in [1.82, 2.24) is 5.32 Å². The fourth-order valence-electron chi connectivity index (χ4n) is 4.68. The standard InChI is InChI=1S/C32H28F3NO8/c1-18(2)14-23(36-31(39)42-17-19-6-4-3-5-7-19)30(38)43-21-9-10-22-25(16-21)44-29(32(33,34)35)27(28(22)37)20-8-11-24-26(15-20)41-13-12-40-24/h3-11,15-16,18,23H,12-14,17H2,1-2H3,(H,36,39). The number of carbonyl (C=O) groups is 2. The SMILES string of the molecule is CC(C)CC(NC(=O)OCc1ccccc1)C(=O)Oc1ccc2c(=O)c(-c3ccc4c(c3)OCCO4)c(C(F)(F)F)oc2c1. The maximum atomic E-state index is 14.2. The van der Waals surface area contributed by atoms with Crippen LogP contribution in [-0.2, 0) is 22.3 Å². The fourth-order valence-corrected chi connectivity index (χ4v) is 4.68. The minimum Gasteiger partial charge on any atom is -0.486 e. The quantitative estimate of drug-likeness (QED) is 0.178. The predicted molar refractivity (Wildman–Crippen MR) is 153 cm³/mol. The second-order valence-electron chi connectivity index (χ2n) is 10.5. The van der Waals surface area contributed by atoms with Gasteiger partial charge in [-0.05, 0) is 47.7 Å². The molecule has 1 aliphatic heterocycles. The molecule has 9 nitrogen and oxygen atoms in total. The van der Waals surface area contributed by atoms with Crippen molar-refractivity contribution in [3.05, 3.63) is 88.3 Å². The van der Waals surface area contributed by atoms with Gasteiger partial charge >= 0.3 is 18.2 Å². The molecule has 1 aliphatic rings. The Morgan fingerprint density at radius 3 is 2.39 bits per heavy atom. The molecule has 1 aromatic heterocycles. The van der Waals surface area contributed by atoms with Gasteiger partial charge in [-0.25, -0.2) is 9.59 Å². The normalized spacial score (nSPS) is 13.4. The maximum Gasteiger partial charge on any atom is 0.450 e. The fraction of sp³-hybridized carbons (Fsp3) is 0.281. The van der Waals surface area contributed by atoms with Crippen molar-refractivity contribution in [2.24, 2.45) is 5.92 Å². The van der Waals surface area contributed by atoms with Gasteiger partial charge < -0.3 is 28.7 Å². The molecule has 0 spiro atoms. The largest absolute Gasteiger partial charge is 0.486 e. The lowest BCUT2D eigenvalue weighted by Gasteiger charge is -2.20. The van der Waals surface area contributed by atoms with Gasteiger partial charge in [0.15, 0.2) is 11.5 Å². The summed E-state index contributed by atoms with van der Waals surface area (Å²) in [5, 5.41) is 2.32. The summed E-state index contributed by atoms with van der Waals surface area (Å²) in [6.07, 6.45) is -5.68. The Bertz CT molecular complexity index is 1730. The van der Waals surface area contributed by atoms with Crippen LogP contribution in [0.25, 0.3) is 22.1 Å². The topological polar surface area (TPSA) is 113 Å². The second-order valence-corrected chi connectivity index (χ2v) is 10.5. The lowest BCUT2D eigenvalue weighted by molar-refractivity contribution is -0.152.